The van der Waals surface area contributed by atoms with E-state index in [0.29, 0.717) is 15.8 Å². The molecular weight excluding hydrogens is 330 g/mol. The molecule has 8 heteroatoms. The molecule has 0 aliphatic rings. The molecule has 2 rings (SSSR count). The van der Waals surface area contributed by atoms with Crippen LogP contribution in [-0.2, 0) is 11.2 Å². The number of aryl methyl sites for hydroxylation is 1. The minimum absolute atomic E-state index is 0.154. The molecule has 0 bridgehead atoms. The van der Waals surface area contributed by atoms with Crippen LogP contribution < -0.4 is 5.32 Å². The highest BCUT2D eigenvalue weighted by atomic mass is 35.5. The Labute approximate surface area is 136 Å². The quantitative estimate of drug-likeness (QED) is 0.836. The normalized spacial score (nSPS) is 12.3. The molecule has 21 heavy (non-hydrogen) atoms. The lowest BCUT2D eigenvalue weighted by molar-refractivity contribution is 0.0840. The summed E-state index contributed by atoms with van der Waals surface area (Å²) in [6, 6.07) is 3.73. The number of hydrogen-bond donors (Lipinski definition) is 1. The van der Waals surface area contributed by atoms with Gasteiger partial charge in [-0.2, -0.15) is 0 Å². The van der Waals surface area contributed by atoms with E-state index in [2.05, 4.69) is 14.9 Å². The molecular formula is C13H16ClN3O2S2. The van der Waals surface area contributed by atoms with Crippen molar-refractivity contribution in [1.29, 1.82) is 0 Å². The first-order valence-electron chi connectivity index (χ1n) is 6.53. The minimum atomic E-state index is -0.207. The van der Waals surface area contributed by atoms with Crippen molar-refractivity contribution in [3.63, 3.8) is 0 Å². The van der Waals surface area contributed by atoms with E-state index >= 15 is 0 Å². The van der Waals surface area contributed by atoms with Crippen molar-refractivity contribution in [2.45, 2.75) is 25.9 Å². The number of aromatic nitrogens is 2. The highest BCUT2D eigenvalue weighted by molar-refractivity contribution is 7.16. The third-order valence-electron chi connectivity index (χ3n) is 2.89. The number of rotatable bonds is 7. The predicted octanol–water partition coefficient (Wildman–Crippen LogP) is 3.32. The highest BCUT2D eigenvalue weighted by Gasteiger charge is 2.18. The van der Waals surface area contributed by atoms with Crippen LogP contribution >= 0.6 is 34.5 Å². The zero-order valence-electron chi connectivity index (χ0n) is 11.8. The van der Waals surface area contributed by atoms with Gasteiger partial charge in [-0.15, -0.1) is 16.4 Å². The number of methoxy groups -OCH3 is 1. The van der Waals surface area contributed by atoms with Crippen LogP contribution in [0.1, 0.15) is 39.7 Å². The van der Waals surface area contributed by atoms with Gasteiger partial charge in [-0.05, 0) is 30.1 Å². The van der Waals surface area contributed by atoms with Gasteiger partial charge in [-0.3, -0.25) is 4.79 Å². The van der Waals surface area contributed by atoms with Crippen LogP contribution in [0.25, 0.3) is 0 Å². The molecule has 0 unspecified atom stereocenters. The molecule has 0 aliphatic heterocycles. The summed E-state index contributed by atoms with van der Waals surface area (Å²) in [6.07, 6.45) is 1.48. The first kappa shape index (κ1) is 16.4. The summed E-state index contributed by atoms with van der Waals surface area (Å²) in [5.41, 5.74) is 0.758. The van der Waals surface area contributed by atoms with E-state index in [1.54, 1.807) is 7.11 Å². The molecule has 2 heterocycles. The van der Waals surface area contributed by atoms with E-state index in [1.165, 1.54) is 11.3 Å². The topological polar surface area (TPSA) is 64.1 Å². The molecule has 2 aromatic heterocycles. The SMILES string of the molecule is CCCc1nnsc1C(=O)NC[C@H](OC)c1ccc(Cl)s1. The van der Waals surface area contributed by atoms with Gasteiger partial charge in [-0.25, -0.2) is 0 Å². The van der Waals surface area contributed by atoms with Crippen molar-refractivity contribution in [2.75, 3.05) is 13.7 Å². The zero-order valence-corrected chi connectivity index (χ0v) is 14.1. The summed E-state index contributed by atoms with van der Waals surface area (Å²) in [7, 11) is 1.61. The summed E-state index contributed by atoms with van der Waals surface area (Å²) < 4.78 is 9.96. The van der Waals surface area contributed by atoms with E-state index in [-0.39, 0.29) is 12.0 Å². The molecule has 0 spiro atoms. The van der Waals surface area contributed by atoms with Gasteiger partial charge in [0.15, 0.2) is 0 Å². The summed E-state index contributed by atoms with van der Waals surface area (Å²) in [5.74, 6) is -0.154. The second-order valence-corrected chi connectivity index (χ2v) is 6.88. The standard InChI is InChI=1S/C13H16ClN3O2S2/c1-3-4-8-12(21-17-16-8)13(18)15-7-9(19-2)10-5-6-11(14)20-10/h5-6,9H,3-4,7H2,1-2H3,(H,15,18)/t9-/m0/s1. The van der Waals surface area contributed by atoms with E-state index in [9.17, 15) is 4.79 Å². The van der Waals surface area contributed by atoms with Crippen LogP contribution in [0.4, 0.5) is 0 Å². The van der Waals surface area contributed by atoms with Gasteiger partial charge >= 0.3 is 0 Å². The van der Waals surface area contributed by atoms with Crippen LogP contribution in [0.5, 0.6) is 0 Å². The van der Waals surface area contributed by atoms with Crippen molar-refractivity contribution in [1.82, 2.24) is 14.9 Å². The minimum Gasteiger partial charge on any atom is -0.374 e. The summed E-state index contributed by atoms with van der Waals surface area (Å²) in [5, 5.41) is 6.87. The number of nitrogens with zero attached hydrogens (tertiary/aromatic N) is 2. The first-order valence-corrected chi connectivity index (χ1v) is 8.50. The predicted molar refractivity (Wildman–Crippen MR) is 85.3 cm³/mol. The number of nitrogens with one attached hydrogen (secondary N) is 1. The fourth-order valence-corrected chi connectivity index (χ4v) is 3.61. The second kappa shape index (κ2) is 7.84. The van der Waals surface area contributed by atoms with Crippen molar-refractivity contribution in [3.8, 4) is 0 Å². The number of hydrogen-bond acceptors (Lipinski definition) is 6. The fraction of sp³-hybridized carbons (Fsp3) is 0.462. The van der Waals surface area contributed by atoms with Crippen molar-refractivity contribution >= 4 is 40.4 Å². The fourth-order valence-electron chi connectivity index (χ4n) is 1.85. The van der Waals surface area contributed by atoms with Crippen LogP contribution in [0, 0.1) is 0 Å². The van der Waals surface area contributed by atoms with Crippen molar-refractivity contribution in [3.05, 3.63) is 31.9 Å². The Morgan fingerprint density at radius 1 is 1.52 bits per heavy atom. The molecule has 114 valence electrons. The molecule has 2 aromatic rings. The Morgan fingerprint density at radius 3 is 2.95 bits per heavy atom. The third kappa shape index (κ3) is 4.23. The largest absolute Gasteiger partial charge is 0.374 e. The lowest BCUT2D eigenvalue weighted by atomic mass is 10.2. The maximum absolute atomic E-state index is 12.2. The maximum Gasteiger partial charge on any atom is 0.265 e. The molecule has 0 fully saturated rings. The van der Waals surface area contributed by atoms with E-state index in [1.807, 2.05) is 19.1 Å². The molecule has 0 aliphatic carbocycles. The van der Waals surface area contributed by atoms with Crippen LogP contribution in [0.2, 0.25) is 4.34 Å². The van der Waals surface area contributed by atoms with Gasteiger partial charge in [-0.1, -0.05) is 29.4 Å². The van der Waals surface area contributed by atoms with Crippen LogP contribution in [-0.4, -0.2) is 29.1 Å². The van der Waals surface area contributed by atoms with Gasteiger partial charge < -0.3 is 10.1 Å². The van der Waals surface area contributed by atoms with Crippen LogP contribution in [0.15, 0.2) is 12.1 Å². The first-order chi connectivity index (χ1) is 10.2. The number of thiophene rings is 1. The third-order valence-corrected chi connectivity index (χ3v) is 4.98. The van der Waals surface area contributed by atoms with Gasteiger partial charge in [0.1, 0.15) is 11.0 Å². The Bertz CT molecular complexity index is 600. The molecule has 0 saturated carbocycles. The Hall–Kier alpha value is -1.02. The molecule has 1 N–H and O–H groups in total. The summed E-state index contributed by atoms with van der Waals surface area (Å²) in [4.78, 5) is 13.8. The number of amides is 1. The zero-order chi connectivity index (χ0) is 15.2. The molecule has 1 atom stereocenters. The molecule has 0 aromatic carbocycles. The summed E-state index contributed by atoms with van der Waals surface area (Å²) >= 11 is 8.49. The van der Waals surface area contributed by atoms with Gasteiger partial charge in [0.25, 0.3) is 5.91 Å². The molecule has 0 saturated heterocycles. The highest BCUT2D eigenvalue weighted by Crippen LogP contribution is 2.28. The lowest BCUT2D eigenvalue weighted by Crippen LogP contribution is -2.29. The maximum atomic E-state index is 12.2. The van der Waals surface area contributed by atoms with Gasteiger partial charge in [0.05, 0.1) is 10.0 Å². The lowest BCUT2D eigenvalue weighted by Gasteiger charge is -2.14. The molecule has 1 amide bonds. The average Bonchev–Trinajstić information content (AvgIpc) is 3.09. The van der Waals surface area contributed by atoms with Gasteiger partial charge in [0, 0.05) is 18.5 Å². The smallest absolute Gasteiger partial charge is 0.265 e. The van der Waals surface area contributed by atoms with Gasteiger partial charge in [0.2, 0.25) is 0 Å². The van der Waals surface area contributed by atoms with E-state index in [4.69, 9.17) is 16.3 Å². The Kier molecular flexibility index (Phi) is 6.10. The van der Waals surface area contributed by atoms with Crippen LogP contribution in [0.3, 0.4) is 0 Å². The second-order valence-electron chi connectivity index (χ2n) is 4.38. The summed E-state index contributed by atoms with van der Waals surface area (Å²) in [6.45, 7) is 2.43. The number of carbonyl (C=O) groups is 1. The number of halogens is 1. The van der Waals surface area contributed by atoms with Crippen molar-refractivity contribution < 1.29 is 9.53 Å². The average molecular weight is 346 g/mol. The van der Waals surface area contributed by atoms with Crippen molar-refractivity contribution in [2.24, 2.45) is 0 Å². The monoisotopic (exact) mass is 345 g/mol. The van der Waals surface area contributed by atoms with E-state index in [0.717, 1.165) is 34.9 Å². The molecule has 5 nitrogen and oxygen atoms in total. The Balaban J connectivity index is 1.97. The molecule has 0 radical (unpaired) electrons. The number of carbonyl (C=O) groups excluding carboxylic acids is 1. The Morgan fingerprint density at radius 2 is 2.33 bits per heavy atom. The number of ether oxygens (including phenoxy) is 1. The van der Waals surface area contributed by atoms with E-state index < -0.39 is 0 Å².